The molecule has 1 fully saturated rings. The predicted molar refractivity (Wildman–Crippen MR) is 111 cm³/mol. The number of carbonyl (C=O) groups is 1. The summed E-state index contributed by atoms with van der Waals surface area (Å²) in [5.41, 5.74) is -0.704. The summed E-state index contributed by atoms with van der Waals surface area (Å²) in [4.78, 5) is 14.1. The van der Waals surface area contributed by atoms with Crippen LogP contribution in [0.1, 0.15) is 16.7 Å². The van der Waals surface area contributed by atoms with Crippen LogP contribution in [0.4, 0.5) is 18.9 Å². The lowest BCUT2D eigenvalue weighted by Gasteiger charge is -2.40. The number of sulfonamides is 1. The molecular formula is C21H21F3N4O3S. The third-order valence-corrected chi connectivity index (χ3v) is 7.17. The molecule has 170 valence electrons. The van der Waals surface area contributed by atoms with E-state index in [-0.39, 0.29) is 30.2 Å². The van der Waals surface area contributed by atoms with Crippen LogP contribution in [0.2, 0.25) is 0 Å². The number of benzene rings is 2. The van der Waals surface area contributed by atoms with Crippen molar-refractivity contribution in [3.63, 3.8) is 0 Å². The third kappa shape index (κ3) is 4.56. The maximum atomic E-state index is 13.4. The fourth-order valence-corrected chi connectivity index (χ4v) is 5.32. The molecule has 0 bridgehead atoms. The average molecular weight is 466 g/mol. The molecular weight excluding hydrogens is 445 g/mol. The molecule has 0 aliphatic carbocycles. The number of anilines is 1. The number of piperazine rings is 1. The number of halogens is 3. The summed E-state index contributed by atoms with van der Waals surface area (Å²) in [6.07, 6.45) is -4.72. The first-order valence-corrected chi connectivity index (χ1v) is 11.1. The van der Waals surface area contributed by atoms with Gasteiger partial charge < -0.3 is 10.2 Å². The number of hydrogen-bond donors (Lipinski definition) is 1. The van der Waals surface area contributed by atoms with Crippen molar-refractivity contribution in [2.75, 3.05) is 31.6 Å². The van der Waals surface area contributed by atoms with E-state index >= 15 is 0 Å². The summed E-state index contributed by atoms with van der Waals surface area (Å²) in [6.45, 7) is 1.57. The molecule has 3 rings (SSSR count). The van der Waals surface area contributed by atoms with Crippen molar-refractivity contribution in [1.82, 2.24) is 9.62 Å². The van der Waals surface area contributed by atoms with Crippen LogP contribution in [0.5, 0.6) is 0 Å². The predicted octanol–water partition coefficient (Wildman–Crippen LogP) is 2.51. The second kappa shape index (κ2) is 8.80. The largest absolute Gasteiger partial charge is 0.417 e. The van der Waals surface area contributed by atoms with Crippen molar-refractivity contribution in [2.24, 2.45) is 0 Å². The molecule has 1 saturated heterocycles. The number of amides is 1. The van der Waals surface area contributed by atoms with E-state index in [0.717, 1.165) is 22.0 Å². The minimum Gasteiger partial charge on any atom is -0.368 e. The maximum Gasteiger partial charge on any atom is 0.417 e. The number of likely N-dealkylation sites (N-methyl/N-ethyl adjacent to an activating group) is 1. The Morgan fingerprint density at radius 1 is 1.19 bits per heavy atom. The van der Waals surface area contributed by atoms with Crippen LogP contribution in [0.15, 0.2) is 47.4 Å². The monoisotopic (exact) mass is 466 g/mol. The van der Waals surface area contributed by atoms with E-state index in [1.807, 2.05) is 0 Å². The first-order valence-electron chi connectivity index (χ1n) is 9.65. The first kappa shape index (κ1) is 23.6. The van der Waals surface area contributed by atoms with E-state index in [4.69, 9.17) is 5.26 Å². The van der Waals surface area contributed by atoms with Crippen LogP contribution < -0.4 is 10.2 Å². The standard InChI is InChI=1S/C21H21F3N4O3S/c1-14-4-3-5-17(10-14)32(30,31)28-9-8-27(13-19(28)20(29)26-2)16-7-6-15(12-25)18(11-16)21(22,23)24/h3-7,10-11,19H,8-9,13H2,1-2H3,(H,26,29). The van der Waals surface area contributed by atoms with E-state index in [2.05, 4.69) is 5.32 Å². The minimum absolute atomic E-state index is 0.0394. The molecule has 1 unspecified atom stereocenters. The van der Waals surface area contributed by atoms with Gasteiger partial charge in [0.1, 0.15) is 6.04 Å². The SMILES string of the molecule is CNC(=O)C1CN(c2ccc(C#N)c(C(F)(F)F)c2)CCN1S(=O)(=O)c1cccc(C)c1. The van der Waals surface area contributed by atoms with Crippen molar-refractivity contribution < 1.29 is 26.4 Å². The van der Waals surface area contributed by atoms with Crippen molar-refractivity contribution in [3.05, 3.63) is 59.2 Å². The van der Waals surface area contributed by atoms with Gasteiger partial charge in [-0.1, -0.05) is 12.1 Å². The molecule has 1 N–H and O–H groups in total. The molecule has 11 heteroatoms. The van der Waals surface area contributed by atoms with Crippen LogP contribution in [0.25, 0.3) is 0 Å². The van der Waals surface area contributed by atoms with Gasteiger partial charge >= 0.3 is 6.18 Å². The fourth-order valence-electron chi connectivity index (χ4n) is 3.64. The number of alkyl halides is 3. The number of nitrogens with zero attached hydrogens (tertiary/aromatic N) is 3. The van der Waals surface area contributed by atoms with Crippen molar-refractivity contribution in [2.45, 2.75) is 24.0 Å². The van der Waals surface area contributed by atoms with Crippen LogP contribution >= 0.6 is 0 Å². The highest BCUT2D eigenvalue weighted by molar-refractivity contribution is 7.89. The van der Waals surface area contributed by atoms with Gasteiger partial charge in [0, 0.05) is 32.4 Å². The average Bonchev–Trinajstić information content (AvgIpc) is 2.77. The molecule has 0 radical (unpaired) electrons. The van der Waals surface area contributed by atoms with Gasteiger partial charge in [0.15, 0.2) is 0 Å². The fraction of sp³-hybridized carbons (Fsp3) is 0.333. The molecule has 1 heterocycles. The molecule has 7 nitrogen and oxygen atoms in total. The molecule has 2 aromatic carbocycles. The lowest BCUT2D eigenvalue weighted by molar-refractivity contribution is -0.137. The zero-order valence-corrected chi connectivity index (χ0v) is 18.2. The highest BCUT2D eigenvalue weighted by Crippen LogP contribution is 2.35. The Bertz CT molecular complexity index is 1180. The quantitative estimate of drug-likeness (QED) is 0.748. The Hall–Kier alpha value is -3.10. The summed E-state index contributed by atoms with van der Waals surface area (Å²) in [7, 11) is -2.65. The molecule has 0 aromatic heterocycles. The van der Waals surface area contributed by atoms with Crippen LogP contribution in [0, 0.1) is 18.3 Å². The highest BCUT2D eigenvalue weighted by Gasteiger charge is 2.41. The second-order valence-electron chi connectivity index (χ2n) is 7.35. The smallest absolute Gasteiger partial charge is 0.368 e. The van der Waals surface area contributed by atoms with Gasteiger partial charge in [0.25, 0.3) is 0 Å². The Kier molecular flexibility index (Phi) is 6.48. The molecule has 1 aliphatic heterocycles. The number of nitriles is 1. The zero-order valence-electron chi connectivity index (χ0n) is 17.3. The van der Waals surface area contributed by atoms with Gasteiger partial charge in [-0.05, 0) is 42.8 Å². The molecule has 0 spiro atoms. The lowest BCUT2D eigenvalue weighted by Crippen LogP contribution is -2.60. The van der Waals surface area contributed by atoms with Crippen molar-refractivity contribution in [1.29, 1.82) is 5.26 Å². The summed E-state index contributed by atoms with van der Waals surface area (Å²) < 4.78 is 67.6. The summed E-state index contributed by atoms with van der Waals surface area (Å²) >= 11 is 0. The normalized spacial score (nSPS) is 17.6. The number of aryl methyl sites for hydroxylation is 1. The molecule has 32 heavy (non-hydrogen) atoms. The lowest BCUT2D eigenvalue weighted by atomic mass is 10.1. The van der Waals surface area contributed by atoms with Crippen molar-refractivity contribution >= 4 is 21.6 Å². The van der Waals surface area contributed by atoms with E-state index < -0.39 is 39.3 Å². The van der Waals surface area contributed by atoms with Gasteiger partial charge in [-0.15, -0.1) is 0 Å². The Morgan fingerprint density at radius 3 is 2.50 bits per heavy atom. The van der Waals surface area contributed by atoms with E-state index in [0.29, 0.717) is 0 Å². The van der Waals surface area contributed by atoms with Crippen molar-refractivity contribution in [3.8, 4) is 6.07 Å². The summed E-state index contributed by atoms with van der Waals surface area (Å²) in [6, 6.07) is 9.94. The Labute approximate surface area is 184 Å². The zero-order chi connectivity index (χ0) is 23.7. The van der Waals surface area contributed by atoms with E-state index in [1.165, 1.54) is 36.2 Å². The summed E-state index contributed by atoms with van der Waals surface area (Å²) in [5.74, 6) is -0.574. The Balaban J connectivity index is 1.97. The van der Waals surface area contributed by atoms with Gasteiger partial charge in [0.05, 0.1) is 22.1 Å². The topological polar surface area (TPSA) is 93.5 Å². The first-order chi connectivity index (χ1) is 15.0. The van der Waals surface area contributed by atoms with Gasteiger partial charge in [-0.2, -0.15) is 22.7 Å². The van der Waals surface area contributed by atoms with Crippen LogP contribution in [-0.2, 0) is 21.0 Å². The number of nitrogens with one attached hydrogen (secondary N) is 1. The highest BCUT2D eigenvalue weighted by atomic mass is 32.2. The minimum atomic E-state index is -4.72. The molecule has 2 aromatic rings. The molecule has 1 aliphatic rings. The number of hydrogen-bond acceptors (Lipinski definition) is 5. The second-order valence-corrected chi connectivity index (χ2v) is 9.24. The van der Waals surface area contributed by atoms with Crippen LogP contribution in [-0.4, -0.2) is 51.4 Å². The van der Waals surface area contributed by atoms with Crippen LogP contribution in [0.3, 0.4) is 0 Å². The molecule has 1 amide bonds. The maximum absolute atomic E-state index is 13.4. The number of carbonyl (C=O) groups excluding carboxylic acids is 1. The van der Waals surface area contributed by atoms with Gasteiger partial charge in [-0.25, -0.2) is 8.42 Å². The van der Waals surface area contributed by atoms with E-state index in [1.54, 1.807) is 19.1 Å². The summed E-state index contributed by atoms with van der Waals surface area (Å²) in [5, 5.41) is 11.4. The Morgan fingerprint density at radius 2 is 1.91 bits per heavy atom. The number of rotatable bonds is 4. The third-order valence-electron chi connectivity index (χ3n) is 5.27. The molecule has 0 saturated carbocycles. The van der Waals surface area contributed by atoms with E-state index in [9.17, 15) is 26.4 Å². The van der Waals surface area contributed by atoms with Gasteiger partial charge in [0.2, 0.25) is 15.9 Å². The van der Waals surface area contributed by atoms with Gasteiger partial charge in [-0.3, -0.25) is 4.79 Å². The molecule has 1 atom stereocenters.